The van der Waals surface area contributed by atoms with Gasteiger partial charge in [0.2, 0.25) is 0 Å². The summed E-state index contributed by atoms with van der Waals surface area (Å²) in [6.45, 7) is 1.56. The van der Waals surface area contributed by atoms with Crippen LogP contribution in [0.3, 0.4) is 0 Å². The first kappa shape index (κ1) is 8.91. The van der Waals surface area contributed by atoms with Gasteiger partial charge in [-0.2, -0.15) is 0 Å². The summed E-state index contributed by atoms with van der Waals surface area (Å²) in [5.74, 6) is 1.68. The van der Waals surface area contributed by atoms with Crippen LogP contribution in [0.15, 0.2) is 12.3 Å². The molecule has 0 N–H and O–H groups in total. The molecule has 0 aliphatic carbocycles. The van der Waals surface area contributed by atoms with Crippen molar-refractivity contribution in [2.24, 2.45) is 0 Å². The van der Waals surface area contributed by atoms with Gasteiger partial charge in [0.25, 0.3) is 0 Å². The fourth-order valence-electron chi connectivity index (χ4n) is 1.42. The molecule has 0 saturated carbocycles. The third kappa shape index (κ3) is 1.98. The molecule has 1 saturated heterocycles. The Bertz CT molecular complexity index is 287. The second kappa shape index (κ2) is 4.03. The Labute approximate surface area is 82.1 Å². The monoisotopic (exact) mass is 198 g/mol. The number of nitrogens with zero attached hydrogens (tertiary/aromatic N) is 2. The molecule has 4 heteroatoms. The molecular weight excluding hydrogens is 188 g/mol. The van der Waals surface area contributed by atoms with Crippen LogP contribution >= 0.6 is 11.6 Å². The van der Waals surface area contributed by atoms with Crippen molar-refractivity contribution in [3.8, 4) is 0 Å². The minimum atomic E-state index is 0.364. The average molecular weight is 199 g/mol. The zero-order valence-electron chi connectivity index (χ0n) is 7.24. The molecule has 0 amide bonds. The van der Waals surface area contributed by atoms with Crippen LogP contribution in [0.25, 0.3) is 0 Å². The van der Waals surface area contributed by atoms with Crippen LogP contribution in [0.5, 0.6) is 0 Å². The van der Waals surface area contributed by atoms with Gasteiger partial charge in [0, 0.05) is 18.7 Å². The van der Waals surface area contributed by atoms with Crippen molar-refractivity contribution in [2.75, 3.05) is 13.2 Å². The van der Waals surface area contributed by atoms with E-state index in [1.807, 2.05) is 6.07 Å². The quantitative estimate of drug-likeness (QED) is 0.679. The fourth-order valence-corrected chi connectivity index (χ4v) is 1.57. The molecule has 0 radical (unpaired) electrons. The third-order valence-electron chi connectivity index (χ3n) is 2.16. The molecule has 70 valence electrons. The predicted octanol–water partition coefficient (Wildman–Crippen LogP) is 1.72. The number of aromatic nitrogens is 2. The van der Waals surface area contributed by atoms with Gasteiger partial charge in [-0.15, -0.1) is 11.6 Å². The lowest BCUT2D eigenvalue weighted by Crippen LogP contribution is -2.05. The Morgan fingerprint density at radius 1 is 1.62 bits per heavy atom. The lowest BCUT2D eigenvalue weighted by atomic mass is 10.1. The van der Waals surface area contributed by atoms with E-state index in [0.29, 0.717) is 11.8 Å². The summed E-state index contributed by atoms with van der Waals surface area (Å²) < 4.78 is 5.27. The van der Waals surface area contributed by atoms with Crippen LogP contribution in [0.4, 0.5) is 0 Å². The van der Waals surface area contributed by atoms with Gasteiger partial charge in [0.15, 0.2) is 0 Å². The van der Waals surface area contributed by atoms with E-state index < -0.39 is 0 Å². The van der Waals surface area contributed by atoms with E-state index in [2.05, 4.69) is 9.97 Å². The van der Waals surface area contributed by atoms with Gasteiger partial charge < -0.3 is 4.74 Å². The predicted molar refractivity (Wildman–Crippen MR) is 49.8 cm³/mol. The fraction of sp³-hybridized carbons (Fsp3) is 0.556. The molecule has 2 rings (SSSR count). The Morgan fingerprint density at radius 2 is 2.54 bits per heavy atom. The normalized spacial score (nSPS) is 22.1. The second-order valence-corrected chi connectivity index (χ2v) is 3.37. The smallest absolute Gasteiger partial charge is 0.134 e. The highest BCUT2D eigenvalue weighted by molar-refractivity contribution is 6.16. The van der Waals surface area contributed by atoms with Crippen molar-refractivity contribution in [3.05, 3.63) is 23.8 Å². The van der Waals surface area contributed by atoms with Gasteiger partial charge in [0.1, 0.15) is 5.82 Å². The summed E-state index contributed by atoms with van der Waals surface area (Å²) in [7, 11) is 0. The Kier molecular flexibility index (Phi) is 2.76. The van der Waals surface area contributed by atoms with E-state index in [4.69, 9.17) is 16.3 Å². The van der Waals surface area contributed by atoms with Crippen molar-refractivity contribution < 1.29 is 4.74 Å². The Morgan fingerprint density at radius 3 is 3.23 bits per heavy atom. The van der Waals surface area contributed by atoms with Crippen molar-refractivity contribution in [2.45, 2.75) is 18.2 Å². The van der Waals surface area contributed by atoms with Gasteiger partial charge in [-0.25, -0.2) is 9.97 Å². The Hall–Kier alpha value is -0.670. The summed E-state index contributed by atoms with van der Waals surface area (Å²) in [4.78, 5) is 8.57. The second-order valence-electron chi connectivity index (χ2n) is 3.10. The number of rotatable bonds is 2. The molecule has 0 spiro atoms. The summed E-state index contributed by atoms with van der Waals surface area (Å²) in [5, 5.41) is 0. The van der Waals surface area contributed by atoms with E-state index in [0.717, 1.165) is 31.2 Å². The number of ether oxygens (including phenoxy) is 1. The summed E-state index contributed by atoms with van der Waals surface area (Å²) in [5.41, 5.74) is 0.888. The summed E-state index contributed by atoms with van der Waals surface area (Å²) in [6, 6.07) is 1.84. The molecule has 1 aliphatic rings. The van der Waals surface area contributed by atoms with Crippen LogP contribution in [-0.2, 0) is 10.6 Å². The molecule has 13 heavy (non-hydrogen) atoms. The van der Waals surface area contributed by atoms with E-state index in [1.54, 1.807) is 6.20 Å². The van der Waals surface area contributed by atoms with E-state index in [9.17, 15) is 0 Å². The van der Waals surface area contributed by atoms with Gasteiger partial charge in [-0.05, 0) is 12.5 Å². The number of halogens is 1. The highest BCUT2D eigenvalue weighted by Crippen LogP contribution is 2.21. The number of alkyl halides is 1. The highest BCUT2D eigenvalue weighted by atomic mass is 35.5. The van der Waals surface area contributed by atoms with Crippen LogP contribution in [-0.4, -0.2) is 23.2 Å². The molecule has 2 heterocycles. The van der Waals surface area contributed by atoms with Crippen LogP contribution in [0.2, 0.25) is 0 Å². The first-order valence-electron chi connectivity index (χ1n) is 4.35. The molecule has 0 bridgehead atoms. The van der Waals surface area contributed by atoms with E-state index in [1.165, 1.54) is 0 Å². The molecule has 0 aromatic carbocycles. The van der Waals surface area contributed by atoms with Crippen molar-refractivity contribution in [1.82, 2.24) is 9.97 Å². The molecular formula is C9H11ClN2O. The van der Waals surface area contributed by atoms with Gasteiger partial charge in [0.05, 0.1) is 18.2 Å². The lowest BCUT2D eigenvalue weighted by molar-refractivity contribution is 0.193. The largest absolute Gasteiger partial charge is 0.381 e. The molecule has 1 atom stereocenters. The minimum Gasteiger partial charge on any atom is -0.381 e. The zero-order valence-corrected chi connectivity index (χ0v) is 8.00. The molecule has 3 nitrogen and oxygen atoms in total. The van der Waals surface area contributed by atoms with Crippen LogP contribution in [0, 0.1) is 0 Å². The highest BCUT2D eigenvalue weighted by Gasteiger charge is 2.20. The van der Waals surface area contributed by atoms with Crippen LogP contribution in [0.1, 0.15) is 23.9 Å². The molecule has 1 fully saturated rings. The van der Waals surface area contributed by atoms with Crippen molar-refractivity contribution >= 4 is 11.6 Å². The molecule has 1 aliphatic heterocycles. The number of hydrogen-bond donors (Lipinski definition) is 0. The molecule has 1 aromatic rings. The molecule has 1 unspecified atom stereocenters. The summed E-state index contributed by atoms with van der Waals surface area (Å²) in [6.07, 6.45) is 2.78. The van der Waals surface area contributed by atoms with Crippen LogP contribution < -0.4 is 0 Å². The number of hydrogen-bond acceptors (Lipinski definition) is 3. The standard InChI is InChI=1S/C9H11ClN2O/c10-5-8-1-3-11-9(12-8)7-2-4-13-6-7/h1,3,7H,2,4-6H2. The maximum absolute atomic E-state index is 5.68. The SMILES string of the molecule is ClCc1ccnc(C2CCOC2)n1. The topological polar surface area (TPSA) is 35.0 Å². The maximum atomic E-state index is 5.68. The lowest BCUT2D eigenvalue weighted by Gasteiger charge is -2.05. The van der Waals surface area contributed by atoms with E-state index in [-0.39, 0.29) is 0 Å². The van der Waals surface area contributed by atoms with Gasteiger partial charge >= 0.3 is 0 Å². The Balaban J connectivity index is 2.18. The van der Waals surface area contributed by atoms with E-state index >= 15 is 0 Å². The zero-order chi connectivity index (χ0) is 9.10. The first-order chi connectivity index (χ1) is 6.40. The third-order valence-corrected chi connectivity index (χ3v) is 2.44. The molecule has 1 aromatic heterocycles. The first-order valence-corrected chi connectivity index (χ1v) is 4.89. The maximum Gasteiger partial charge on any atom is 0.134 e. The van der Waals surface area contributed by atoms with Crippen molar-refractivity contribution in [1.29, 1.82) is 0 Å². The minimum absolute atomic E-state index is 0.364. The van der Waals surface area contributed by atoms with Gasteiger partial charge in [-0.3, -0.25) is 0 Å². The average Bonchev–Trinajstić information content (AvgIpc) is 2.71. The summed E-state index contributed by atoms with van der Waals surface area (Å²) >= 11 is 5.68. The van der Waals surface area contributed by atoms with Crippen molar-refractivity contribution in [3.63, 3.8) is 0 Å². The van der Waals surface area contributed by atoms with Gasteiger partial charge in [-0.1, -0.05) is 0 Å².